The predicted molar refractivity (Wildman–Crippen MR) is 111 cm³/mol. The van der Waals surface area contributed by atoms with Crippen molar-refractivity contribution < 1.29 is 17.9 Å². The Morgan fingerprint density at radius 2 is 1.93 bits per heavy atom. The number of nitrogens with zero attached hydrogens (tertiary/aromatic N) is 1. The lowest BCUT2D eigenvalue weighted by Crippen LogP contribution is -2.39. The molecule has 0 aromatic heterocycles. The van der Waals surface area contributed by atoms with E-state index in [1.54, 1.807) is 14.0 Å². The van der Waals surface area contributed by atoms with Gasteiger partial charge in [-0.1, -0.05) is 13.0 Å². The highest BCUT2D eigenvalue weighted by Gasteiger charge is 2.08. The lowest BCUT2D eigenvalue weighted by atomic mass is 10.1. The summed E-state index contributed by atoms with van der Waals surface area (Å²) in [6.07, 6.45) is 1.75. The van der Waals surface area contributed by atoms with Crippen LogP contribution in [-0.4, -0.2) is 59.2 Å². The molecule has 0 heterocycles. The fourth-order valence-corrected chi connectivity index (χ4v) is 3.13. The number of rotatable bonds is 12. The van der Waals surface area contributed by atoms with Gasteiger partial charge in [0, 0.05) is 25.4 Å². The molecule has 8 heteroatoms. The molecule has 0 aliphatic rings. The summed E-state index contributed by atoms with van der Waals surface area (Å²) in [5, 5.41) is 6.21. The molecule has 0 atom stereocenters. The van der Waals surface area contributed by atoms with Crippen LogP contribution in [0, 0.1) is 0 Å². The molecule has 0 radical (unpaired) electrons. The Morgan fingerprint density at radius 1 is 1.15 bits per heavy atom. The first-order valence-electron chi connectivity index (χ1n) is 9.48. The Hall–Kier alpha value is -1.96. The van der Waals surface area contributed by atoms with Gasteiger partial charge < -0.3 is 20.1 Å². The van der Waals surface area contributed by atoms with E-state index < -0.39 is 9.84 Å². The predicted octanol–water partition coefficient (Wildman–Crippen LogP) is 2.02. The molecule has 0 saturated carbocycles. The molecule has 1 aromatic rings. The number of ether oxygens (including phenoxy) is 2. The largest absolute Gasteiger partial charge is 0.493 e. The Labute approximate surface area is 163 Å². The third kappa shape index (κ3) is 8.99. The molecule has 0 bridgehead atoms. The zero-order chi connectivity index (χ0) is 20.1. The number of guanidine groups is 1. The van der Waals surface area contributed by atoms with Gasteiger partial charge in [-0.05, 0) is 44.4 Å². The number of hydrogen-bond donors (Lipinski definition) is 2. The molecule has 154 valence electrons. The summed E-state index contributed by atoms with van der Waals surface area (Å²) in [7, 11) is -1.34. The van der Waals surface area contributed by atoms with Crippen molar-refractivity contribution in [1.82, 2.24) is 10.6 Å². The van der Waals surface area contributed by atoms with Crippen LogP contribution in [0.3, 0.4) is 0 Å². The number of sulfone groups is 1. The van der Waals surface area contributed by atoms with Gasteiger partial charge in [-0.25, -0.2) is 8.42 Å². The second-order valence-corrected chi connectivity index (χ2v) is 8.42. The molecule has 1 aromatic carbocycles. The minimum atomic E-state index is -2.97. The fourth-order valence-electron chi connectivity index (χ4n) is 2.43. The van der Waals surface area contributed by atoms with Gasteiger partial charge in [0.15, 0.2) is 27.3 Å². The summed E-state index contributed by atoms with van der Waals surface area (Å²) in [5.41, 5.74) is 1.17. The SMILES string of the molecule is CCNC(=NCCCc1ccc(OC)c(OCC)c1)NCCS(=O)(=O)CC. The molecule has 0 spiro atoms. The van der Waals surface area contributed by atoms with Gasteiger partial charge in [0.1, 0.15) is 0 Å². The van der Waals surface area contributed by atoms with Crippen LogP contribution < -0.4 is 20.1 Å². The monoisotopic (exact) mass is 399 g/mol. The first-order valence-corrected chi connectivity index (χ1v) is 11.3. The average molecular weight is 400 g/mol. The van der Waals surface area contributed by atoms with Crippen molar-refractivity contribution in [2.75, 3.05) is 44.9 Å². The van der Waals surface area contributed by atoms with Gasteiger partial charge in [-0.15, -0.1) is 0 Å². The van der Waals surface area contributed by atoms with E-state index in [9.17, 15) is 8.42 Å². The summed E-state index contributed by atoms with van der Waals surface area (Å²) in [6, 6.07) is 5.96. The van der Waals surface area contributed by atoms with E-state index in [1.807, 2.05) is 32.0 Å². The van der Waals surface area contributed by atoms with E-state index in [1.165, 1.54) is 5.56 Å². The zero-order valence-corrected chi connectivity index (χ0v) is 17.7. The van der Waals surface area contributed by atoms with Crippen molar-refractivity contribution in [3.63, 3.8) is 0 Å². The molecule has 27 heavy (non-hydrogen) atoms. The maximum absolute atomic E-state index is 11.6. The van der Waals surface area contributed by atoms with Crippen LogP contribution >= 0.6 is 0 Å². The van der Waals surface area contributed by atoms with Crippen molar-refractivity contribution in [3.05, 3.63) is 23.8 Å². The van der Waals surface area contributed by atoms with Crippen molar-refractivity contribution in [2.24, 2.45) is 4.99 Å². The average Bonchev–Trinajstić information content (AvgIpc) is 2.65. The van der Waals surface area contributed by atoms with E-state index in [0.717, 1.165) is 30.9 Å². The quantitative estimate of drug-likeness (QED) is 0.318. The fraction of sp³-hybridized carbons (Fsp3) is 0.632. The lowest BCUT2D eigenvalue weighted by Gasteiger charge is -2.12. The molecular formula is C19H33N3O4S. The van der Waals surface area contributed by atoms with Crippen LogP contribution in [0.15, 0.2) is 23.2 Å². The maximum Gasteiger partial charge on any atom is 0.191 e. The molecule has 2 N–H and O–H groups in total. The van der Waals surface area contributed by atoms with Crippen LogP contribution in [0.1, 0.15) is 32.8 Å². The van der Waals surface area contributed by atoms with E-state index >= 15 is 0 Å². The van der Waals surface area contributed by atoms with E-state index in [2.05, 4.69) is 15.6 Å². The number of aliphatic imine (C=N–C) groups is 1. The zero-order valence-electron chi connectivity index (χ0n) is 16.9. The molecule has 7 nitrogen and oxygen atoms in total. The molecule has 1 rings (SSSR count). The lowest BCUT2D eigenvalue weighted by molar-refractivity contribution is 0.310. The minimum absolute atomic E-state index is 0.111. The minimum Gasteiger partial charge on any atom is -0.493 e. The number of nitrogens with one attached hydrogen (secondary N) is 2. The van der Waals surface area contributed by atoms with Gasteiger partial charge >= 0.3 is 0 Å². The molecular weight excluding hydrogens is 366 g/mol. The molecule has 0 fully saturated rings. The van der Waals surface area contributed by atoms with Crippen LogP contribution in [-0.2, 0) is 16.3 Å². The standard InChI is InChI=1S/C19H33N3O4S/c1-5-20-19(22-13-14-27(23,24)7-3)21-12-8-9-16-10-11-17(25-4)18(15-16)26-6-2/h10-11,15H,5-9,12-14H2,1-4H3,(H2,20,21,22). The second-order valence-electron chi connectivity index (χ2n) is 5.95. The smallest absolute Gasteiger partial charge is 0.191 e. The summed E-state index contributed by atoms with van der Waals surface area (Å²) in [6.45, 7) is 7.90. The molecule has 0 saturated heterocycles. The van der Waals surface area contributed by atoms with Crippen molar-refractivity contribution in [3.8, 4) is 11.5 Å². The second kappa shape index (κ2) is 12.4. The van der Waals surface area contributed by atoms with E-state index in [4.69, 9.17) is 9.47 Å². The number of aryl methyl sites for hydroxylation is 1. The first-order chi connectivity index (χ1) is 13.0. The summed E-state index contributed by atoms with van der Waals surface area (Å²) in [5.74, 6) is 2.41. The maximum atomic E-state index is 11.6. The van der Waals surface area contributed by atoms with Gasteiger partial charge in [0.05, 0.1) is 19.5 Å². The van der Waals surface area contributed by atoms with E-state index in [0.29, 0.717) is 25.7 Å². The number of methoxy groups -OCH3 is 1. The van der Waals surface area contributed by atoms with Crippen molar-refractivity contribution >= 4 is 15.8 Å². The number of benzene rings is 1. The summed E-state index contributed by atoms with van der Waals surface area (Å²) < 4.78 is 34.0. The number of hydrogen-bond acceptors (Lipinski definition) is 5. The highest BCUT2D eigenvalue weighted by Crippen LogP contribution is 2.28. The van der Waals surface area contributed by atoms with E-state index in [-0.39, 0.29) is 11.5 Å². The summed E-state index contributed by atoms with van der Waals surface area (Å²) >= 11 is 0. The van der Waals surface area contributed by atoms with Crippen LogP contribution in [0.25, 0.3) is 0 Å². The Morgan fingerprint density at radius 3 is 2.56 bits per heavy atom. The highest BCUT2D eigenvalue weighted by atomic mass is 32.2. The first kappa shape index (κ1) is 23.1. The topological polar surface area (TPSA) is 89.0 Å². The third-order valence-corrected chi connectivity index (χ3v) is 5.62. The van der Waals surface area contributed by atoms with Crippen molar-refractivity contribution in [2.45, 2.75) is 33.6 Å². The van der Waals surface area contributed by atoms with Crippen LogP contribution in [0.5, 0.6) is 11.5 Å². The van der Waals surface area contributed by atoms with Crippen LogP contribution in [0.4, 0.5) is 0 Å². The van der Waals surface area contributed by atoms with Gasteiger partial charge in [0.25, 0.3) is 0 Å². The Bertz CT molecular complexity index is 690. The molecule has 0 aliphatic carbocycles. The van der Waals surface area contributed by atoms with Gasteiger partial charge in [-0.3, -0.25) is 4.99 Å². The third-order valence-electron chi connectivity index (χ3n) is 3.91. The molecule has 0 unspecified atom stereocenters. The summed E-state index contributed by atoms with van der Waals surface area (Å²) in [4.78, 5) is 4.51. The molecule has 0 aliphatic heterocycles. The highest BCUT2D eigenvalue weighted by molar-refractivity contribution is 7.91. The normalized spacial score (nSPS) is 11.9. The Balaban J connectivity index is 2.53. The molecule has 0 amide bonds. The van der Waals surface area contributed by atoms with Crippen LogP contribution in [0.2, 0.25) is 0 Å². The van der Waals surface area contributed by atoms with Gasteiger partial charge in [0.2, 0.25) is 0 Å². The van der Waals surface area contributed by atoms with Crippen molar-refractivity contribution in [1.29, 1.82) is 0 Å². The Kier molecular flexibility index (Phi) is 10.6. The van der Waals surface area contributed by atoms with Gasteiger partial charge in [-0.2, -0.15) is 0 Å².